The van der Waals surface area contributed by atoms with Crippen molar-refractivity contribution in [1.82, 2.24) is 0 Å². The average Bonchev–Trinajstić information content (AvgIpc) is 2.43. The highest BCUT2D eigenvalue weighted by Crippen LogP contribution is 2.19. The van der Waals surface area contributed by atoms with Crippen molar-refractivity contribution in [3.8, 4) is 11.8 Å². The fourth-order valence-corrected chi connectivity index (χ4v) is 1.79. The van der Waals surface area contributed by atoms with E-state index in [0.717, 1.165) is 23.4 Å². The largest absolute Gasteiger partial charge is 0.493 e. The second-order valence-electron chi connectivity index (χ2n) is 4.43. The summed E-state index contributed by atoms with van der Waals surface area (Å²) in [5.74, 6) is 0.773. The highest BCUT2D eigenvalue weighted by molar-refractivity contribution is 5.42. The molecule has 0 aliphatic heterocycles. The number of nitriles is 1. The number of nitrogens with two attached hydrogens (primary N) is 1. The summed E-state index contributed by atoms with van der Waals surface area (Å²) in [4.78, 5) is 0. The van der Waals surface area contributed by atoms with E-state index in [-0.39, 0.29) is 0 Å². The van der Waals surface area contributed by atoms with Gasteiger partial charge in [0.05, 0.1) is 18.2 Å². The monoisotopic (exact) mass is 252 g/mol. The molecule has 0 saturated carbocycles. The molecule has 0 spiro atoms. The zero-order valence-corrected chi connectivity index (χ0v) is 10.9. The van der Waals surface area contributed by atoms with Gasteiger partial charge < -0.3 is 10.5 Å². The molecule has 3 nitrogen and oxygen atoms in total. The molecule has 0 aliphatic rings. The maximum absolute atomic E-state index is 8.86. The number of nitrogens with zero attached hydrogens (tertiary/aromatic N) is 1. The molecule has 0 aromatic heterocycles. The quantitative estimate of drug-likeness (QED) is 0.851. The van der Waals surface area contributed by atoms with Crippen LogP contribution in [0.1, 0.15) is 16.7 Å². The van der Waals surface area contributed by atoms with Gasteiger partial charge >= 0.3 is 0 Å². The third kappa shape index (κ3) is 3.49. The molecule has 2 aromatic rings. The van der Waals surface area contributed by atoms with Crippen molar-refractivity contribution < 1.29 is 4.74 Å². The Morgan fingerprint density at radius 1 is 1.16 bits per heavy atom. The third-order valence-corrected chi connectivity index (χ3v) is 2.95. The lowest BCUT2D eigenvalue weighted by atomic mass is 10.1. The molecule has 2 aromatic carbocycles. The van der Waals surface area contributed by atoms with Crippen molar-refractivity contribution in [2.24, 2.45) is 0 Å². The van der Waals surface area contributed by atoms with Gasteiger partial charge in [0.15, 0.2) is 0 Å². The molecule has 0 unspecified atom stereocenters. The van der Waals surface area contributed by atoms with Crippen molar-refractivity contribution >= 4 is 5.69 Å². The Bertz CT molecular complexity index is 597. The van der Waals surface area contributed by atoms with Gasteiger partial charge in [0.2, 0.25) is 0 Å². The fraction of sp³-hybridized carbons (Fsp3) is 0.188. The normalized spacial score (nSPS) is 9.89. The van der Waals surface area contributed by atoms with E-state index in [9.17, 15) is 0 Å². The van der Waals surface area contributed by atoms with Gasteiger partial charge in [-0.2, -0.15) is 5.26 Å². The van der Waals surface area contributed by atoms with E-state index < -0.39 is 0 Å². The van der Waals surface area contributed by atoms with Crippen LogP contribution in [-0.4, -0.2) is 6.61 Å². The van der Waals surface area contributed by atoms with Gasteiger partial charge in [-0.15, -0.1) is 0 Å². The molecular weight excluding hydrogens is 236 g/mol. The van der Waals surface area contributed by atoms with Gasteiger partial charge in [-0.1, -0.05) is 18.2 Å². The molecule has 0 saturated heterocycles. The predicted molar refractivity (Wildman–Crippen MR) is 75.9 cm³/mol. The standard InChI is InChI=1S/C16H16N2O/c1-12-2-3-14(11-17)10-16(12)19-9-8-13-4-6-15(18)7-5-13/h2-7,10H,8-9,18H2,1H3. The van der Waals surface area contributed by atoms with E-state index in [2.05, 4.69) is 6.07 Å². The van der Waals surface area contributed by atoms with Crippen LogP contribution in [-0.2, 0) is 6.42 Å². The highest BCUT2D eigenvalue weighted by atomic mass is 16.5. The lowest BCUT2D eigenvalue weighted by Gasteiger charge is -2.09. The Hall–Kier alpha value is -2.47. The summed E-state index contributed by atoms with van der Waals surface area (Å²) in [7, 11) is 0. The minimum atomic E-state index is 0.583. The van der Waals surface area contributed by atoms with E-state index in [1.807, 2.05) is 37.3 Å². The molecule has 19 heavy (non-hydrogen) atoms. The van der Waals surface area contributed by atoms with Crippen LogP contribution in [0.3, 0.4) is 0 Å². The molecule has 3 heteroatoms. The second kappa shape index (κ2) is 5.92. The van der Waals surface area contributed by atoms with Gasteiger partial charge in [-0.25, -0.2) is 0 Å². The number of ether oxygens (including phenoxy) is 1. The van der Waals surface area contributed by atoms with Crippen LogP contribution < -0.4 is 10.5 Å². The minimum Gasteiger partial charge on any atom is -0.493 e. The van der Waals surface area contributed by atoms with Gasteiger partial charge in [0.25, 0.3) is 0 Å². The highest BCUT2D eigenvalue weighted by Gasteiger charge is 2.02. The Balaban J connectivity index is 1.96. The third-order valence-electron chi connectivity index (χ3n) is 2.95. The lowest BCUT2D eigenvalue weighted by molar-refractivity contribution is 0.319. The number of anilines is 1. The summed E-state index contributed by atoms with van der Waals surface area (Å²) in [6.07, 6.45) is 0.816. The zero-order chi connectivity index (χ0) is 13.7. The molecule has 96 valence electrons. The molecule has 0 bridgehead atoms. The number of nitrogen functional groups attached to an aromatic ring is 1. The first kappa shape index (κ1) is 13.0. The first-order chi connectivity index (χ1) is 9.19. The summed E-state index contributed by atoms with van der Waals surface area (Å²) in [6, 6.07) is 15.4. The van der Waals surface area contributed by atoms with Crippen LogP contribution >= 0.6 is 0 Å². The fourth-order valence-electron chi connectivity index (χ4n) is 1.79. The van der Waals surface area contributed by atoms with Crippen LogP contribution in [0, 0.1) is 18.3 Å². The first-order valence-corrected chi connectivity index (χ1v) is 6.17. The predicted octanol–water partition coefficient (Wildman–Crippen LogP) is 3.07. The van der Waals surface area contributed by atoms with Gasteiger partial charge in [0, 0.05) is 12.1 Å². The van der Waals surface area contributed by atoms with Gasteiger partial charge in [0.1, 0.15) is 5.75 Å². The molecule has 0 fully saturated rings. The lowest BCUT2D eigenvalue weighted by Crippen LogP contribution is -2.02. The van der Waals surface area contributed by atoms with Crippen molar-refractivity contribution in [2.45, 2.75) is 13.3 Å². The Morgan fingerprint density at radius 3 is 2.58 bits per heavy atom. The number of hydrogen-bond acceptors (Lipinski definition) is 3. The molecule has 0 amide bonds. The van der Waals surface area contributed by atoms with Crippen molar-refractivity contribution in [2.75, 3.05) is 12.3 Å². The smallest absolute Gasteiger partial charge is 0.123 e. The molecule has 2 rings (SSSR count). The summed E-state index contributed by atoms with van der Waals surface area (Å²) in [6.45, 7) is 2.55. The van der Waals surface area contributed by atoms with E-state index in [0.29, 0.717) is 12.2 Å². The molecule has 0 radical (unpaired) electrons. The summed E-state index contributed by atoms with van der Waals surface area (Å²) in [5, 5.41) is 8.86. The van der Waals surface area contributed by atoms with Crippen LogP contribution in [0.25, 0.3) is 0 Å². The Kier molecular flexibility index (Phi) is 4.04. The minimum absolute atomic E-state index is 0.583. The number of benzene rings is 2. The molecule has 0 heterocycles. The van der Waals surface area contributed by atoms with E-state index >= 15 is 0 Å². The van der Waals surface area contributed by atoms with E-state index in [1.54, 1.807) is 12.1 Å². The van der Waals surface area contributed by atoms with Crippen molar-refractivity contribution in [3.63, 3.8) is 0 Å². The van der Waals surface area contributed by atoms with Crippen LogP contribution in [0.5, 0.6) is 5.75 Å². The molecule has 0 aliphatic carbocycles. The molecule has 0 atom stereocenters. The Morgan fingerprint density at radius 2 is 1.89 bits per heavy atom. The SMILES string of the molecule is Cc1ccc(C#N)cc1OCCc1ccc(N)cc1. The van der Waals surface area contributed by atoms with Crippen LogP contribution in [0.15, 0.2) is 42.5 Å². The summed E-state index contributed by atoms with van der Waals surface area (Å²) < 4.78 is 5.73. The summed E-state index contributed by atoms with van der Waals surface area (Å²) in [5.41, 5.74) is 9.24. The second-order valence-corrected chi connectivity index (χ2v) is 4.43. The zero-order valence-electron chi connectivity index (χ0n) is 10.9. The van der Waals surface area contributed by atoms with Crippen LogP contribution in [0.2, 0.25) is 0 Å². The average molecular weight is 252 g/mol. The Labute approximate surface area is 113 Å². The van der Waals surface area contributed by atoms with E-state index in [4.69, 9.17) is 15.7 Å². The van der Waals surface area contributed by atoms with Crippen molar-refractivity contribution in [3.05, 3.63) is 59.2 Å². The summed E-state index contributed by atoms with van der Waals surface area (Å²) >= 11 is 0. The molecule has 2 N–H and O–H groups in total. The molecular formula is C16H16N2O. The number of aryl methyl sites for hydroxylation is 1. The number of hydrogen-bond donors (Lipinski definition) is 1. The van der Waals surface area contributed by atoms with Crippen molar-refractivity contribution in [1.29, 1.82) is 5.26 Å². The first-order valence-electron chi connectivity index (χ1n) is 6.17. The number of rotatable bonds is 4. The van der Waals surface area contributed by atoms with Gasteiger partial charge in [-0.05, 0) is 42.3 Å². The maximum atomic E-state index is 8.86. The van der Waals surface area contributed by atoms with E-state index in [1.165, 1.54) is 5.56 Å². The van der Waals surface area contributed by atoms with Crippen LogP contribution in [0.4, 0.5) is 5.69 Å². The maximum Gasteiger partial charge on any atom is 0.123 e. The van der Waals surface area contributed by atoms with Gasteiger partial charge in [-0.3, -0.25) is 0 Å². The topological polar surface area (TPSA) is 59.0 Å².